The highest BCUT2D eigenvalue weighted by atomic mass is 28.4. The molecule has 0 aliphatic carbocycles. The summed E-state index contributed by atoms with van der Waals surface area (Å²) in [6.07, 6.45) is 3.02. The molecule has 0 aliphatic heterocycles. The molecule has 1 unspecified atom stereocenters. The van der Waals surface area contributed by atoms with Crippen molar-refractivity contribution in [2.24, 2.45) is 5.92 Å². The highest BCUT2D eigenvalue weighted by Crippen LogP contribution is 2.40. The maximum Gasteiger partial charge on any atom is 0.193 e. The third-order valence-corrected chi connectivity index (χ3v) is 8.13. The fourth-order valence-electron chi connectivity index (χ4n) is 1.71. The zero-order valence-electron chi connectivity index (χ0n) is 12.5. The Labute approximate surface area is 103 Å². The van der Waals surface area contributed by atoms with Crippen LogP contribution in [0.5, 0.6) is 0 Å². The topological polar surface area (TPSA) is 9.23 Å². The van der Waals surface area contributed by atoms with Gasteiger partial charge in [0.15, 0.2) is 8.32 Å². The van der Waals surface area contributed by atoms with E-state index < -0.39 is 8.32 Å². The van der Waals surface area contributed by atoms with E-state index in [1.54, 1.807) is 0 Å². The van der Waals surface area contributed by atoms with Crippen LogP contribution < -0.4 is 0 Å². The largest absolute Gasteiger partial charge is 0.408 e. The zero-order chi connectivity index (χ0) is 13.2. The number of hydrogen-bond donors (Lipinski definition) is 0. The van der Waals surface area contributed by atoms with Crippen LogP contribution in [0, 0.1) is 5.92 Å². The van der Waals surface area contributed by atoms with Crippen molar-refractivity contribution in [2.75, 3.05) is 0 Å². The van der Waals surface area contributed by atoms with E-state index in [4.69, 9.17) is 4.43 Å². The minimum absolute atomic E-state index is 0.169. The van der Waals surface area contributed by atoms with Gasteiger partial charge in [0, 0.05) is 0 Å². The summed E-state index contributed by atoms with van der Waals surface area (Å²) in [4.78, 5) is 0. The first-order valence-corrected chi connectivity index (χ1v) is 9.18. The summed E-state index contributed by atoms with van der Waals surface area (Å²) in [6.45, 7) is 22.0. The van der Waals surface area contributed by atoms with Crippen molar-refractivity contribution < 1.29 is 4.43 Å². The summed E-state index contributed by atoms with van der Waals surface area (Å²) in [5, 5.41) is 0.258. The fraction of sp³-hybridized carbons (Fsp3) is 0.857. The molecule has 0 amide bonds. The first-order valence-electron chi connectivity index (χ1n) is 6.27. The molecule has 0 spiro atoms. The van der Waals surface area contributed by atoms with Crippen LogP contribution in [-0.2, 0) is 4.43 Å². The SMILES string of the molecule is C=CC(C)(CC(C)C)O[Si](C)(C)C(C)(C)C. The van der Waals surface area contributed by atoms with Gasteiger partial charge in [-0.1, -0.05) is 40.7 Å². The molecule has 0 fully saturated rings. The van der Waals surface area contributed by atoms with Crippen molar-refractivity contribution >= 4 is 8.32 Å². The van der Waals surface area contributed by atoms with Gasteiger partial charge in [0.25, 0.3) is 0 Å². The van der Waals surface area contributed by atoms with Crippen LogP contribution in [0.4, 0.5) is 0 Å². The minimum atomic E-state index is -1.70. The van der Waals surface area contributed by atoms with E-state index >= 15 is 0 Å². The number of hydrogen-bond acceptors (Lipinski definition) is 1. The Morgan fingerprint density at radius 2 is 1.62 bits per heavy atom. The Bertz CT molecular complexity index is 238. The maximum atomic E-state index is 6.47. The van der Waals surface area contributed by atoms with Crippen molar-refractivity contribution in [3.05, 3.63) is 12.7 Å². The lowest BCUT2D eigenvalue weighted by molar-refractivity contribution is 0.0982. The third-order valence-electron chi connectivity index (χ3n) is 3.54. The smallest absolute Gasteiger partial charge is 0.193 e. The summed E-state index contributed by atoms with van der Waals surface area (Å²) in [5.41, 5.74) is -0.169. The van der Waals surface area contributed by atoms with Crippen LogP contribution >= 0.6 is 0 Å². The molecule has 0 aromatic heterocycles. The van der Waals surface area contributed by atoms with Crippen molar-refractivity contribution in [1.82, 2.24) is 0 Å². The lowest BCUT2D eigenvalue weighted by Crippen LogP contribution is -2.48. The quantitative estimate of drug-likeness (QED) is 0.487. The van der Waals surface area contributed by atoms with Gasteiger partial charge < -0.3 is 4.43 Å². The van der Waals surface area contributed by atoms with Crippen molar-refractivity contribution in [1.29, 1.82) is 0 Å². The van der Waals surface area contributed by atoms with Gasteiger partial charge in [-0.25, -0.2) is 0 Å². The van der Waals surface area contributed by atoms with Gasteiger partial charge in [-0.15, -0.1) is 6.58 Å². The minimum Gasteiger partial charge on any atom is -0.408 e. The van der Waals surface area contributed by atoms with Crippen molar-refractivity contribution in [3.63, 3.8) is 0 Å². The number of rotatable bonds is 5. The van der Waals surface area contributed by atoms with Gasteiger partial charge in [-0.2, -0.15) is 0 Å². The summed E-state index contributed by atoms with van der Waals surface area (Å²) >= 11 is 0. The molecule has 16 heavy (non-hydrogen) atoms. The molecule has 0 aromatic rings. The van der Waals surface area contributed by atoms with Crippen LogP contribution in [-0.4, -0.2) is 13.9 Å². The molecular formula is C14H30OSi. The van der Waals surface area contributed by atoms with E-state index in [9.17, 15) is 0 Å². The van der Waals surface area contributed by atoms with E-state index in [0.717, 1.165) is 6.42 Å². The van der Waals surface area contributed by atoms with E-state index in [-0.39, 0.29) is 10.6 Å². The monoisotopic (exact) mass is 242 g/mol. The molecule has 1 atom stereocenters. The van der Waals surface area contributed by atoms with Gasteiger partial charge in [-0.05, 0) is 37.4 Å². The highest BCUT2D eigenvalue weighted by Gasteiger charge is 2.41. The second kappa shape index (κ2) is 5.05. The Balaban J connectivity index is 4.84. The average molecular weight is 242 g/mol. The van der Waals surface area contributed by atoms with Crippen LogP contribution in [0.3, 0.4) is 0 Å². The molecule has 0 rings (SSSR count). The Morgan fingerprint density at radius 1 is 1.19 bits per heavy atom. The van der Waals surface area contributed by atoms with Crippen LogP contribution in [0.1, 0.15) is 48.0 Å². The van der Waals surface area contributed by atoms with Gasteiger partial charge in [0.2, 0.25) is 0 Å². The predicted octanol–water partition coefficient (Wildman–Crippen LogP) is 5.00. The second-order valence-corrected chi connectivity index (χ2v) is 11.7. The molecule has 96 valence electrons. The van der Waals surface area contributed by atoms with E-state index in [2.05, 4.69) is 61.2 Å². The maximum absolute atomic E-state index is 6.47. The van der Waals surface area contributed by atoms with Gasteiger partial charge in [-0.3, -0.25) is 0 Å². The summed E-state index contributed by atoms with van der Waals surface area (Å²) in [6, 6.07) is 0. The summed E-state index contributed by atoms with van der Waals surface area (Å²) < 4.78 is 6.47. The van der Waals surface area contributed by atoms with Crippen LogP contribution in [0.25, 0.3) is 0 Å². The first-order chi connectivity index (χ1) is 6.93. The van der Waals surface area contributed by atoms with Crippen molar-refractivity contribution in [2.45, 2.75) is 71.7 Å². The molecular weight excluding hydrogens is 212 g/mol. The molecule has 0 saturated heterocycles. The molecule has 1 nitrogen and oxygen atoms in total. The Hall–Kier alpha value is -0.0831. The molecule has 0 saturated carbocycles. The van der Waals surface area contributed by atoms with E-state index in [1.165, 1.54) is 0 Å². The van der Waals surface area contributed by atoms with Crippen molar-refractivity contribution in [3.8, 4) is 0 Å². The lowest BCUT2D eigenvalue weighted by Gasteiger charge is -2.43. The average Bonchev–Trinajstić information content (AvgIpc) is 1.99. The highest BCUT2D eigenvalue weighted by molar-refractivity contribution is 6.74. The van der Waals surface area contributed by atoms with Gasteiger partial charge >= 0.3 is 0 Å². The zero-order valence-corrected chi connectivity index (χ0v) is 13.5. The van der Waals surface area contributed by atoms with Crippen LogP contribution in [0.2, 0.25) is 18.1 Å². The Kier molecular flexibility index (Phi) is 5.02. The molecule has 0 heterocycles. The molecule has 0 aromatic carbocycles. The molecule has 2 heteroatoms. The molecule has 0 bridgehead atoms. The molecule has 0 aliphatic rings. The lowest BCUT2D eigenvalue weighted by atomic mass is 9.95. The first kappa shape index (κ1) is 15.9. The Morgan fingerprint density at radius 3 is 1.88 bits per heavy atom. The third kappa shape index (κ3) is 4.42. The normalized spacial score (nSPS) is 17.3. The summed E-state index contributed by atoms with van der Waals surface area (Å²) in [5.74, 6) is 0.632. The van der Waals surface area contributed by atoms with Gasteiger partial charge in [0.1, 0.15) is 0 Å². The standard InChI is InChI=1S/C14H30OSi/c1-10-14(7,11-12(2)3)15-16(8,9)13(4,5)6/h10,12H,1,11H2,2-9H3. The van der Waals surface area contributed by atoms with Gasteiger partial charge in [0.05, 0.1) is 5.60 Å². The fourth-order valence-corrected chi connectivity index (χ4v) is 3.35. The second-order valence-electron chi connectivity index (χ2n) is 6.98. The van der Waals surface area contributed by atoms with E-state index in [1.807, 2.05) is 6.08 Å². The predicted molar refractivity (Wildman–Crippen MR) is 76.3 cm³/mol. The molecule has 0 radical (unpaired) electrons. The molecule has 0 N–H and O–H groups in total. The van der Waals surface area contributed by atoms with Crippen LogP contribution in [0.15, 0.2) is 12.7 Å². The van der Waals surface area contributed by atoms with E-state index in [0.29, 0.717) is 5.92 Å². The summed E-state index contributed by atoms with van der Waals surface area (Å²) in [7, 11) is -1.70.